The molecular formula is C14H25N3O4. The molecule has 0 bridgehead atoms. The Balaban J connectivity index is 2.74. The molecule has 0 radical (unpaired) electrons. The fourth-order valence-corrected chi connectivity index (χ4v) is 2.36. The molecule has 0 aromatic heterocycles. The van der Waals surface area contributed by atoms with Gasteiger partial charge in [-0.1, -0.05) is 13.8 Å². The van der Waals surface area contributed by atoms with Crippen LogP contribution in [0.3, 0.4) is 0 Å². The molecule has 0 aliphatic carbocycles. The molecule has 1 aliphatic rings. The molecule has 1 aliphatic heterocycles. The molecule has 1 heterocycles. The molecule has 1 atom stereocenters. The standard InChI is InChI=1S/C14H25N3O4/c1-3-6-15-12(18)11(13(19)16-7-4-2)17-8-5-10(9-17)14(20)21/h10-11H,3-9H2,1-2H3,(H,15,18)(H,16,19)(H,20,21). The number of hydrogen-bond acceptors (Lipinski definition) is 4. The molecule has 21 heavy (non-hydrogen) atoms. The van der Waals surface area contributed by atoms with Gasteiger partial charge in [-0.3, -0.25) is 19.3 Å². The van der Waals surface area contributed by atoms with Crippen LogP contribution in [0.2, 0.25) is 0 Å². The Morgan fingerprint density at radius 3 is 2.05 bits per heavy atom. The summed E-state index contributed by atoms with van der Waals surface area (Å²) in [7, 11) is 0. The minimum absolute atomic E-state index is 0.235. The first-order chi connectivity index (χ1) is 10.0. The van der Waals surface area contributed by atoms with Crippen LogP contribution in [0.15, 0.2) is 0 Å². The van der Waals surface area contributed by atoms with Crippen molar-refractivity contribution >= 4 is 17.8 Å². The fraction of sp³-hybridized carbons (Fsp3) is 0.786. The third-order valence-electron chi connectivity index (χ3n) is 3.53. The number of carbonyl (C=O) groups excluding carboxylic acids is 2. The Bertz CT molecular complexity index is 366. The first kappa shape index (κ1) is 17.4. The fourth-order valence-electron chi connectivity index (χ4n) is 2.36. The van der Waals surface area contributed by atoms with E-state index in [2.05, 4.69) is 10.6 Å². The second-order valence-electron chi connectivity index (χ2n) is 5.30. The quantitative estimate of drug-likeness (QED) is 0.540. The maximum absolute atomic E-state index is 12.2. The molecule has 7 heteroatoms. The molecule has 2 amide bonds. The largest absolute Gasteiger partial charge is 0.481 e. The number of carboxylic acid groups (broad SMARTS) is 1. The summed E-state index contributed by atoms with van der Waals surface area (Å²) in [5, 5.41) is 14.5. The van der Waals surface area contributed by atoms with Crippen molar-refractivity contribution in [2.75, 3.05) is 26.2 Å². The van der Waals surface area contributed by atoms with Crippen LogP contribution >= 0.6 is 0 Å². The number of hydrogen-bond donors (Lipinski definition) is 3. The zero-order valence-corrected chi connectivity index (χ0v) is 12.7. The van der Waals surface area contributed by atoms with Crippen LogP contribution in [0, 0.1) is 5.92 Å². The number of amides is 2. The number of nitrogens with one attached hydrogen (secondary N) is 2. The number of carbonyl (C=O) groups is 3. The summed E-state index contributed by atoms with van der Waals surface area (Å²) in [6.07, 6.45) is 2.04. The second kappa shape index (κ2) is 8.61. The smallest absolute Gasteiger partial charge is 0.307 e. The summed E-state index contributed by atoms with van der Waals surface area (Å²) in [5.41, 5.74) is 0. The SMILES string of the molecule is CCCNC(=O)C(C(=O)NCCC)N1CCC(C(=O)O)C1. The minimum Gasteiger partial charge on any atom is -0.481 e. The number of aliphatic carboxylic acids is 1. The predicted molar refractivity (Wildman–Crippen MR) is 77.7 cm³/mol. The van der Waals surface area contributed by atoms with E-state index >= 15 is 0 Å². The predicted octanol–water partition coefficient (Wildman–Crippen LogP) is -0.186. The molecule has 7 nitrogen and oxygen atoms in total. The minimum atomic E-state index is -0.938. The molecule has 3 N–H and O–H groups in total. The van der Waals surface area contributed by atoms with E-state index in [-0.39, 0.29) is 18.4 Å². The van der Waals surface area contributed by atoms with Gasteiger partial charge in [-0.15, -0.1) is 0 Å². The number of nitrogens with zero attached hydrogens (tertiary/aromatic N) is 1. The van der Waals surface area contributed by atoms with Gasteiger partial charge in [0, 0.05) is 26.2 Å². The average molecular weight is 299 g/mol. The van der Waals surface area contributed by atoms with E-state index < -0.39 is 17.9 Å². The van der Waals surface area contributed by atoms with Crippen LogP contribution in [-0.4, -0.2) is 60.0 Å². The van der Waals surface area contributed by atoms with Gasteiger partial charge >= 0.3 is 5.97 Å². The zero-order chi connectivity index (χ0) is 15.8. The second-order valence-corrected chi connectivity index (χ2v) is 5.30. The summed E-state index contributed by atoms with van der Waals surface area (Å²) < 4.78 is 0. The Morgan fingerprint density at radius 2 is 1.67 bits per heavy atom. The molecule has 0 aromatic rings. The van der Waals surface area contributed by atoms with Crippen LogP contribution in [0.1, 0.15) is 33.1 Å². The van der Waals surface area contributed by atoms with Crippen LogP contribution in [-0.2, 0) is 14.4 Å². The van der Waals surface area contributed by atoms with Gasteiger partial charge in [0.15, 0.2) is 6.04 Å². The lowest BCUT2D eigenvalue weighted by atomic mass is 10.1. The molecule has 120 valence electrons. The van der Waals surface area contributed by atoms with E-state index in [0.29, 0.717) is 26.1 Å². The highest BCUT2D eigenvalue weighted by atomic mass is 16.4. The number of rotatable bonds is 8. The maximum atomic E-state index is 12.2. The highest BCUT2D eigenvalue weighted by molar-refractivity contribution is 6.04. The van der Waals surface area contributed by atoms with Crippen molar-refractivity contribution in [3.05, 3.63) is 0 Å². The van der Waals surface area contributed by atoms with Gasteiger partial charge in [0.05, 0.1) is 5.92 Å². The van der Waals surface area contributed by atoms with E-state index in [4.69, 9.17) is 5.11 Å². The first-order valence-electron chi connectivity index (χ1n) is 7.53. The Hall–Kier alpha value is -1.63. The molecule has 1 unspecified atom stereocenters. The molecule has 0 spiro atoms. The van der Waals surface area contributed by atoms with Crippen molar-refractivity contribution in [1.82, 2.24) is 15.5 Å². The Kier molecular flexibility index (Phi) is 7.14. The zero-order valence-electron chi connectivity index (χ0n) is 12.7. The van der Waals surface area contributed by atoms with Crippen LogP contribution in [0.5, 0.6) is 0 Å². The van der Waals surface area contributed by atoms with E-state index in [1.807, 2.05) is 13.8 Å². The molecule has 0 aromatic carbocycles. The van der Waals surface area contributed by atoms with Crippen molar-refractivity contribution in [2.45, 2.75) is 39.2 Å². The van der Waals surface area contributed by atoms with Crippen molar-refractivity contribution < 1.29 is 19.5 Å². The number of carboxylic acids is 1. The molecular weight excluding hydrogens is 274 g/mol. The van der Waals surface area contributed by atoms with Crippen molar-refractivity contribution in [3.8, 4) is 0 Å². The van der Waals surface area contributed by atoms with E-state index in [1.54, 1.807) is 4.90 Å². The molecule has 1 saturated heterocycles. The summed E-state index contributed by atoms with van der Waals surface area (Å²) in [5.74, 6) is -2.09. The van der Waals surface area contributed by atoms with Gasteiger partial charge in [-0.2, -0.15) is 0 Å². The van der Waals surface area contributed by atoms with Crippen LogP contribution < -0.4 is 10.6 Å². The lowest BCUT2D eigenvalue weighted by Crippen LogP contribution is -2.55. The summed E-state index contributed by atoms with van der Waals surface area (Å²) in [4.78, 5) is 37.1. The third kappa shape index (κ3) is 5.00. The molecule has 0 saturated carbocycles. The maximum Gasteiger partial charge on any atom is 0.307 e. The van der Waals surface area contributed by atoms with Crippen LogP contribution in [0.4, 0.5) is 0 Å². The highest BCUT2D eigenvalue weighted by Gasteiger charge is 2.39. The van der Waals surface area contributed by atoms with Crippen molar-refractivity contribution in [1.29, 1.82) is 0 Å². The van der Waals surface area contributed by atoms with Crippen LogP contribution in [0.25, 0.3) is 0 Å². The van der Waals surface area contributed by atoms with E-state index in [9.17, 15) is 14.4 Å². The highest BCUT2D eigenvalue weighted by Crippen LogP contribution is 2.19. The Labute approximate surface area is 125 Å². The average Bonchev–Trinajstić information content (AvgIpc) is 2.92. The van der Waals surface area contributed by atoms with Gasteiger partial charge in [0.1, 0.15) is 0 Å². The van der Waals surface area contributed by atoms with Gasteiger partial charge in [-0.05, 0) is 19.3 Å². The Morgan fingerprint density at radius 1 is 1.14 bits per heavy atom. The van der Waals surface area contributed by atoms with Gasteiger partial charge < -0.3 is 15.7 Å². The topological polar surface area (TPSA) is 98.7 Å². The summed E-state index contributed by atoms with van der Waals surface area (Å²) in [6, 6.07) is -0.938. The summed E-state index contributed by atoms with van der Waals surface area (Å²) >= 11 is 0. The molecule has 1 rings (SSSR count). The number of likely N-dealkylation sites (tertiary alicyclic amines) is 1. The van der Waals surface area contributed by atoms with E-state index in [1.165, 1.54) is 0 Å². The van der Waals surface area contributed by atoms with Gasteiger partial charge in [-0.25, -0.2) is 0 Å². The van der Waals surface area contributed by atoms with Gasteiger partial charge in [0.2, 0.25) is 11.8 Å². The molecule has 1 fully saturated rings. The summed E-state index contributed by atoms with van der Waals surface area (Å²) in [6.45, 7) is 5.56. The lowest BCUT2D eigenvalue weighted by Gasteiger charge is -2.25. The monoisotopic (exact) mass is 299 g/mol. The van der Waals surface area contributed by atoms with Gasteiger partial charge in [0.25, 0.3) is 0 Å². The first-order valence-corrected chi connectivity index (χ1v) is 7.53. The van der Waals surface area contributed by atoms with E-state index in [0.717, 1.165) is 12.8 Å². The lowest BCUT2D eigenvalue weighted by molar-refractivity contribution is -0.143. The normalized spacial score (nSPS) is 18.7. The van der Waals surface area contributed by atoms with Crippen molar-refractivity contribution in [3.63, 3.8) is 0 Å². The third-order valence-corrected chi connectivity index (χ3v) is 3.53. The van der Waals surface area contributed by atoms with Crippen molar-refractivity contribution in [2.24, 2.45) is 5.92 Å².